The molecule has 2 unspecified atom stereocenters. The zero-order chi connectivity index (χ0) is 13.7. The standard InChI is InChI=1S/C18H21N3/c1-2-4-16(5-3-1)21-18-14-8-6-12(10-14)17(18,19-20-21)13-7-9-15(18)11-13/h1-5,12-15H,6-11H2/t12-,13+,14-,15-,17?,18?/m1/s1. The zero-order valence-electron chi connectivity index (χ0n) is 12.3. The second kappa shape index (κ2) is 3.34. The molecule has 108 valence electrons. The van der Waals surface area contributed by atoms with E-state index in [-0.39, 0.29) is 11.1 Å². The van der Waals surface area contributed by atoms with E-state index in [2.05, 4.69) is 35.3 Å². The first kappa shape index (κ1) is 11.2. The third-order valence-corrected chi connectivity index (χ3v) is 7.65. The first-order valence-electron chi connectivity index (χ1n) is 8.65. The minimum atomic E-state index is 0.189. The summed E-state index contributed by atoms with van der Waals surface area (Å²) in [5.74, 6) is 3.28. The summed E-state index contributed by atoms with van der Waals surface area (Å²) in [5, 5.41) is 12.2. The van der Waals surface area contributed by atoms with Crippen LogP contribution in [0.25, 0.3) is 0 Å². The van der Waals surface area contributed by atoms with Crippen molar-refractivity contribution in [2.45, 2.75) is 49.6 Å². The van der Waals surface area contributed by atoms with Gasteiger partial charge in [-0.25, -0.2) is 5.01 Å². The van der Waals surface area contributed by atoms with E-state index in [4.69, 9.17) is 10.3 Å². The minimum Gasteiger partial charge on any atom is -0.238 e. The molecule has 1 aromatic rings. The van der Waals surface area contributed by atoms with Crippen molar-refractivity contribution in [2.24, 2.45) is 34.0 Å². The van der Waals surface area contributed by atoms with Crippen LogP contribution in [0.5, 0.6) is 0 Å². The van der Waals surface area contributed by atoms with Crippen molar-refractivity contribution in [1.29, 1.82) is 0 Å². The summed E-state index contributed by atoms with van der Waals surface area (Å²) >= 11 is 0. The van der Waals surface area contributed by atoms with Crippen molar-refractivity contribution in [3.8, 4) is 0 Å². The van der Waals surface area contributed by atoms with E-state index in [9.17, 15) is 0 Å². The van der Waals surface area contributed by atoms with Crippen LogP contribution < -0.4 is 5.01 Å². The van der Waals surface area contributed by atoms with Crippen LogP contribution in [0.4, 0.5) is 5.69 Å². The Labute approximate surface area is 125 Å². The number of benzene rings is 1. The molecule has 1 aliphatic heterocycles. The quantitative estimate of drug-likeness (QED) is 0.756. The number of hydrogen-bond acceptors (Lipinski definition) is 3. The molecule has 4 bridgehead atoms. The van der Waals surface area contributed by atoms with Gasteiger partial charge in [-0.2, -0.15) is 5.11 Å². The minimum absolute atomic E-state index is 0.189. The smallest absolute Gasteiger partial charge is 0.115 e. The molecule has 4 saturated carbocycles. The van der Waals surface area contributed by atoms with Gasteiger partial charge in [0, 0.05) is 0 Å². The predicted molar refractivity (Wildman–Crippen MR) is 80.9 cm³/mol. The second-order valence-electron chi connectivity index (χ2n) is 7.90. The Balaban J connectivity index is 1.60. The number of hydrogen-bond donors (Lipinski definition) is 0. The highest BCUT2D eigenvalue weighted by Crippen LogP contribution is 2.77. The molecule has 4 aliphatic carbocycles. The number of para-hydroxylation sites is 1. The summed E-state index contributed by atoms with van der Waals surface area (Å²) in [6.07, 6.45) is 8.44. The van der Waals surface area contributed by atoms with E-state index in [0.29, 0.717) is 0 Å². The van der Waals surface area contributed by atoms with Gasteiger partial charge in [0.15, 0.2) is 0 Å². The van der Waals surface area contributed by atoms with Crippen LogP contribution in [0.3, 0.4) is 0 Å². The van der Waals surface area contributed by atoms with E-state index in [0.717, 1.165) is 23.7 Å². The first-order valence-corrected chi connectivity index (χ1v) is 8.65. The largest absolute Gasteiger partial charge is 0.238 e. The lowest BCUT2D eigenvalue weighted by atomic mass is 9.60. The molecule has 0 amide bonds. The van der Waals surface area contributed by atoms with E-state index >= 15 is 0 Å². The van der Waals surface area contributed by atoms with Gasteiger partial charge in [-0.3, -0.25) is 0 Å². The topological polar surface area (TPSA) is 28.0 Å². The van der Waals surface area contributed by atoms with Gasteiger partial charge in [-0.15, -0.1) is 0 Å². The fraction of sp³-hybridized carbons (Fsp3) is 0.667. The van der Waals surface area contributed by atoms with Gasteiger partial charge in [0.25, 0.3) is 0 Å². The van der Waals surface area contributed by atoms with Gasteiger partial charge in [-0.05, 0) is 74.3 Å². The van der Waals surface area contributed by atoms with Crippen LogP contribution >= 0.6 is 0 Å². The van der Waals surface area contributed by atoms with Crippen molar-refractivity contribution in [3.05, 3.63) is 30.3 Å². The molecule has 0 aromatic heterocycles. The van der Waals surface area contributed by atoms with Crippen molar-refractivity contribution in [2.75, 3.05) is 5.01 Å². The van der Waals surface area contributed by atoms with Crippen LogP contribution in [0, 0.1) is 23.7 Å². The lowest BCUT2D eigenvalue weighted by molar-refractivity contribution is 0.0899. The highest BCUT2D eigenvalue weighted by Gasteiger charge is 2.82. The van der Waals surface area contributed by atoms with Crippen LogP contribution in [-0.2, 0) is 0 Å². The van der Waals surface area contributed by atoms with Crippen LogP contribution in [0.1, 0.15) is 38.5 Å². The van der Waals surface area contributed by atoms with Gasteiger partial charge in [0.2, 0.25) is 0 Å². The molecular weight excluding hydrogens is 258 g/mol. The summed E-state index contributed by atoms with van der Waals surface area (Å²) in [4.78, 5) is 0. The lowest BCUT2D eigenvalue weighted by Gasteiger charge is -2.52. The highest BCUT2D eigenvalue weighted by molar-refractivity contribution is 5.55. The van der Waals surface area contributed by atoms with Gasteiger partial charge in [0.1, 0.15) is 5.54 Å². The normalized spacial score (nSPS) is 51.7. The number of fused-ring (bicyclic) bond motifs is 4. The van der Waals surface area contributed by atoms with Gasteiger partial charge >= 0.3 is 0 Å². The molecule has 0 N–H and O–H groups in total. The molecule has 1 heterocycles. The lowest BCUT2D eigenvalue weighted by Crippen LogP contribution is -2.65. The van der Waals surface area contributed by atoms with Crippen molar-refractivity contribution in [1.82, 2.24) is 0 Å². The SMILES string of the molecule is c1ccc(N2N=NC34[C@@H]5CC[C@H](C5)C23[C@@H]2CC[C@H]4C2)cc1. The van der Waals surface area contributed by atoms with Crippen LogP contribution in [0.15, 0.2) is 40.7 Å². The third-order valence-electron chi connectivity index (χ3n) is 7.65. The Morgan fingerprint density at radius 2 is 1.48 bits per heavy atom. The molecule has 3 heteroatoms. The number of rotatable bonds is 1. The molecule has 0 radical (unpaired) electrons. The van der Waals surface area contributed by atoms with Crippen molar-refractivity contribution in [3.63, 3.8) is 0 Å². The van der Waals surface area contributed by atoms with E-state index in [1.807, 2.05) is 0 Å². The Kier molecular flexibility index (Phi) is 1.78. The van der Waals surface area contributed by atoms with Crippen molar-refractivity contribution >= 4 is 5.69 Å². The average Bonchev–Trinajstić information content (AvgIpc) is 3.28. The predicted octanol–water partition coefficient (Wildman–Crippen LogP) is 4.21. The van der Waals surface area contributed by atoms with Gasteiger partial charge in [-0.1, -0.05) is 23.4 Å². The summed E-state index contributed by atoms with van der Waals surface area (Å²) < 4.78 is 0. The van der Waals surface area contributed by atoms with E-state index in [1.165, 1.54) is 44.2 Å². The zero-order valence-corrected chi connectivity index (χ0v) is 12.3. The van der Waals surface area contributed by atoms with Crippen molar-refractivity contribution < 1.29 is 0 Å². The van der Waals surface area contributed by atoms with Crippen LogP contribution in [-0.4, -0.2) is 11.1 Å². The number of nitrogens with zero attached hydrogens (tertiary/aromatic N) is 3. The highest BCUT2D eigenvalue weighted by atomic mass is 15.7. The summed E-state index contributed by atoms with van der Waals surface area (Å²) in [7, 11) is 0. The fourth-order valence-corrected chi connectivity index (χ4v) is 7.32. The Morgan fingerprint density at radius 1 is 0.857 bits per heavy atom. The molecule has 0 saturated heterocycles. The molecule has 1 aromatic carbocycles. The maximum Gasteiger partial charge on any atom is 0.115 e. The summed E-state index contributed by atoms with van der Waals surface area (Å²) in [6.45, 7) is 0. The monoisotopic (exact) mass is 279 g/mol. The van der Waals surface area contributed by atoms with Gasteiger partial charge in [0.05, 0.1) is 11.2 Å². The molecule has 6 rings (SSSR count). The molecule has 21 heavy (non-hydrogen) atoms. The maximum absolute atomic E-state index is 5.06. The molecule has 4 fully saturated rings. The molecule has 6 atom stereocenters. The summed E-state index contributed by atoms with van der Waals surface area (Å²) in [5.41, 5.74) is 1.71. The first-order chi connectivity index (χ1) is 10.4. The van der Waals surface area contributed by atoms with E-state index in [1.54, 1.807) is 0 Å². The molecule has 5 aliphatic rings. The maximum atomic E-state index is 5.06. The molecule has 3 nitrogen and oxygen atoms in total. The Morgan fingerprint density at radius 3 is 2.14 bits per heavy atom. The second-order valence-corrected chi connectivity index (χ2v) is 7.90. The molecule has 0 spiro atoms. The molecular formula is C18H21N3. The number of anilines is 1. The van der Waals surface area contributed by atoms with Crippen LogP contribution in [0.2, 0.25) is 0 Å². The average molecular weight is 279 g/mol. The summed E-state index contributed by atoms with van der Waals surface area (Å²) in [6, 6.07) is 10.8. The van der Waals surface area contributed by atoms with Gasteiger partial charge < -0.3 is 0 Å². The van der Waals surface area contributed by atoms with E-state index < -0.39 is 0 Å². The Hall–Kier alpha value is -1.38. The fourth-order valence-electron chi connectivity index (χ4n) is 7.32. The third kappa shape index (κ3) is 0.949. The Bertz CT molecular complexity index is 615.